The minimum atomic E-state index is -0.580. The van der Waals surface area contributed by atoms with Gasteiger partial charge < -0.3 is 10.5 Å². The topological polar surface area (TPSA) is 99.5 Å². The molecule has 0 unspecified atom stereocenters. The zero-order valence-electron chi connectivity index (χ0n) is 14.6. The summed E-state index contributed by atoms with van der Waals surface area (Å²) in [6, 6.07) is 4.01. The summed E-state index contributed by atoms with van der Waals surface area (Å²) in [4.78, 5) is 29.4. The van der Waals surface area contributed by atoms with Gasteiger partial charge in [0.25, 0.3) is 5.56 Å². The van der Waals surface area contributed by atoms with Crippen molar-refractivity contribution < 1.29 is 5.11 Å². The van der Waals surface area contributed by atoms with Gasteiger partial charge in [-0.25, -0.2) is 4.79 Å². The van der Waals surface area contributed by atoms with Gasteiger partial charge >= 0.3 is 5.69 Å². The molecule has 0 amide bonds. The van der Waals surface area contributed by atoms with Crippen molar-refractivity contribution in [3.05, 3.63) is 48.3 Å². The van der Waals surface area contributed by atoms with Gasteiger partial charge in [-0.15, -0.1) is 11.3 Å². The van der Waals surface area contributed by atoms with Crippen LogP contribution in [0.5, 0.6) is 5.88 Å². The number of H-pyrrole nitrogens is 1. The predicted octanol–water partition coefficient (Wildman–Crippen LogP) is 2.56. The summed E-state index contributed by atoms with van der Waals surface area (Å²) in [5.41, 5.74) is 2.53. The molecular formula is C18H22N4O3S. The Morgan fingerprint density at radius 3 is 2.69 bits per heavy atom. The van der Waals surface area contributed by atoms with Crippen molar-refractivity contribution in [2.45, 2.75) is 57.5 Å². The van der Waals surface area contributed by atoms with E-state index in [1.807, 2.05) is 19.1 Å². The number of thiophene rings is 1. The zero-order chi connectivity index (χ0) is 18.3. The Morgan fingerprint density at radius 1 is 1.23 bits per heavy atom. The van der Waals surface area contributed by atoms with Crippen molar-refractivity contribution in [1.82, 2.24) is 15.0 Å². The Labute approximate surface area is 154 Å². The van der Waals surface area contributed by atoms with Gasteiger partial charge in [0.15, 0.2) is 0 Å². The highest BCUT2D eigenvalue weighted by atomic mass is 32.1. The molecule has 3 heterocycles. The third-order valence-corrected chi connectivity index (χ3v) is 6.32. The number of aromatic hydroxyl groups is 1. The number of aromatic amines is 1. The van der Waals surface area contributed by atoms with E-state index in [0.717, 1.165) is 37.0 Å². The summed E-state index contributed by atoms with van der Waals surface area (Å²) in [6.07, 6.45) is 5.35. The summed E-state index contributed by atoms with van der Waals surface area (Å²) in [6.45, 7) is 2.04. The van der Waals surface area contributed by atoms with Gasteiger partial charge in [-0.05, 0) is 31.9 Å². The third-order valence-electron chi connectivity index (χ3n) is 5.20. The smallest absolute Gasteiger partial charge is 0.331 e. The molecule has 0 bridgehead atoms. The molecule has 7 nitrogen and oxygen atoms in total. The molecule has 8 heteroatoms. The standard InChI is InChI=1S/C18H22N4O3S/c1-10-7-8-14(26-10)12-9-13(21-20-12)15-16(23)19-18(25)22(17(15)24)11-5-3-2-4-6-11/h7-8,11-12,20,24H,2-6,9H2,1H3,(H,19,23,25)/t12-/m1/s1. The summed E-state index contributed by atoms with van der Waals surface area (Å²) in [5, 5.41) is 15.0. The maximum absolute atomic E-state index is 12.4. The van der Waals surface area contributed by atoms with Crippen molar-refractivity contribution >= 4 is 17.0 Å². The fourth-order valence-corrected chi connectivity index (χ4v) is 4.80. The molecule has 1 atom stereocenters. The van der Waals surface area contributed by atoms with E-state index in [4.69, 9.17) is 0 Å². The minimum absolute atomic E-state index is 0.0161. The van der Waals surface area contributed by atoms with Gasteiger partial charge in [-0.1, -0.05) is 19.3 Å². The molecule has 1 aliphatic heterocycles. The average molecular weight is 374 g/mol. The van der Waals surface area contributed by atoms with Crippen LogP contribution in [0.25, 0.3) is 0 Å². The number of rotatable bonds is 3. The lowest BCUT2D eigenvalue weighted by molar-refractivity contribution is 0.298. The molecule has 26 heavy (non-hydrogen) atoms. The minimum Gasteiger partial charge on any atom is -0.494 e. The molecule has 4 rings (SSSR count). The first-order valence-electron chi connectivity index (χ1n) is 9.01. The van der Waals surface area contributed by atoms with Gasteiger partial charge in [-0.3, -0.25) is 14.3 Å². The van der Waals surface area contributed by atoms with E-state index in [9.17, 15) is 14.7 Å². The Kier molecular flexibility index (Phi) is 4.44. The summed E-state index contributed by atoms with van der Waals surface area (Å²) in [7, 11) is 0. The van der Waals surface area contributed by atoms with Crippen LogP contribution in [0.4, 0.5) is 0 Å². The molecular weight excluding hydrogens is 352 g/mol. The second kappa shape index (κ2) is 6.75. The summed E-state index contributed by atoms with van der Waals surface area (Å²) >= 11 is 1.68. The van der Waals surface area contributed by atoms with E-state index in [2.05, 4.69) is 15.5 Å². The van der Waals surface area contributed by atoms with Crippen LogP contribution in [0.3, 0.4) is 0 Å². The van der Waals surface area contributed by atoms with Crippen LogP contribution in [-0.2, 0) is 0 Å². The zero-order valence-corrected chi connectivity index (χ0v) is 15.4. The second-order valence-electron chi connectivity index (χ2n) is 7.01. The van der Waals surface area contributed by atoms with E-state index in [1.54, 1.807) is 11.3 Å². The van der Waals surface area contributed by atoms with Crippen molar-refractivity contribution in [2.24, 2.45) is 5.10 Å². The quantitative estimate of drug-likeness (QED) is 0.769. The highest BCUT2D eigenvalue weighted by molar-refractivity contribution is 7.12. The molecule has 138 valence electrons. The molecule has 1 aliphatic carbocycles. The third kappa shape index (κ3) is 2.98. The van der Waals surface area contributed by atoms with Crippen LogP contribution in [0.15, 0.2) is 26.8 Å². The monoisotopic (exact) mass is 374 g/mol. The molecule has 2 aliphatic rings. The van der Waals surface area contributed by atoms with Crippen LogP contribution < -0.4 is 16.7 Å². The first-order valence-corrected chi connectivity index (χ1v) is 9.83. The van der Waals surface area contributed by atoms with Gasteiger partial charge in [-0.2, -0.15) is 5.10 Å². The SMILES string of the molecule is Cc1ccc([C@H]2CC(c3c(O)n(C4CCCCC4)c(=O)[nH]c3=O)=NN2)s1. The fraction of sp³-hybridized carbons (Fsp3) is 0.500. The number of hydrogen-bond acceptors (Lipinski definition) is 6. The normalized spacial score (nSPS) is 20.8. The molecule has 0 radical (unpaired) electrons. The summed E-state index contributed by atoms with van der Waals surface area (Å²) < 4.78 is 1.35. The van der Waals surface area contributed by atoms with E-state index in [1.165, 1.54) is 9.44 Å². The molecule has 3 N–H and O–H groups in total. The van der Waals surface area contributed by atoms with Gasteiger partial charge in [0.2, 0.25) is 5.88 Å². The number of aryl methyl sites for hydroxylation is 1. The van der Waals surface area contributed by atoms with Crippen molar-refractivity contribution in [1.29, 1.82) is 0 Å². The van der Waals surface area contributed by atoms with Crippen LogP contribution in [-0.4, -0.2) is 20.4 Å². The number of hydrogen-bond donors (Lipinski definition) is 3. The molecule has 0 spiro atoms. The van der Waals surface area contributed by atoms with Crippen molar-refractivity contribution in [3.63, 3.8) is 0 Å². The molecule has 0 saturated heterocycles. The first-order chi connectivity index (χ1) is 12.5. The van der Waals surface area contributed by atoms with E-state index in [-0.39, 0.29) is 23.5 Å². The molecule has 2 aromatic rings. The Morgan fingerprint density at radius 2 is 2.00 bits per heavy atom. The fourth-order valence-electron chi connectivity index (χ4n) is 3.88. The van der Waals surface area contributed by atoms with Crippen LogP contribution in [0, 0.1) is 6.92 Å². The summed E-state index contributed by atoms with van der Waals surface area (Å²) in [5.74, 6) is -0.255. The maximum Gasteiger partial charge on any atom is 0.331 e. The van der Waals surface area contributed by atoms with Crippen LogP contribution in [0.1, 0.15) is 65.9 Å². The first kappa shape index (κ1) is 17.1. The van der Waals surface area contributed by atoms with Crippen molar-refractivity contribution in [3.8, 4) is 5.88 Å². The highest BCUT2D eigenvalue weighted by Gasteiger charge is 2.29. The Hall–Kier alpha value is -2.35. The molecule has 2 aromatic heterocycles. The Balaban J connectivity index is 1.68. The molecule has 1 saturated carbocycles. The van der Waals surface area contributed by atoms with Gasteiger partial charge in [0, 0.05) is 22.2 Å². The number of aromatic nitrogens is 2. The van der Waals surface area contributed by atoms with Crippen LogP contribution >= 0.6 is 11.3 Å². The van der Waals surface area contributed by atoms with E-state index < -0.39 is 11.2 Å². The van der Waals surface area contributed by atoms with Gasteiger partial charge in [0.1, 0.15) is 5.56 Å². The molecule has 0 aromatic carbocycles. The number of hydrazone groups is 1. The Bertz CT molecular complexity index is 966. The lowest BCUT2D eigenvalue weighted by atomic mass is 9.95. The number of nitrogens with zero attached hydrogens (tertiary/aromatic N) is 2. The van der Waals surface area contributed by atoms with Crippen LogP contribution in [0.2, 0.25) is 0 Å². The van der Waals surface area contributed by atoms with E-state index >= 15 is 0 Å². The highest BCUT2D eigenvalue weighted by Crippen LogP contribution is 2.33. The molecule has 1 fully saturated rings. The maximum atomic E-state index is 12.4. The lowest BCUT2D eigenvalue weighted by Gasteiger charge is -2.25. The van der Waals surface area contributed by atoms with Crippen molar-refractivity contribution in [2.75, 3.05) is 0 Å². The van der Waals surface area contributed by atoms with E-state index in [0.29, 0.717) is 12.1 Å². The largest absolute Gasteiger partial charge is 0.494 e. The number of nitrogens with one attached hydrogen (secondary N) is 2. The predicted molar refractivity (Wildman–Crippen MR) is 101 cm³/mol. The second-order valence-corrected chi connectivity index (χ2v) is 8.33. The van der Waals surface area contributed by atoms with Gasteiger partial charge in [0.05, 0.1) is 11.8 Å². The lowest BCUT2D eigenvalue weighted by Crippen LogP contribution is -2.36. The average Bonchev–Trinajstić information content (AvgIpc) is 3.24.